The first kappa shape index (κ1) is 14.5. The Bertz CT molecular complexity index is 652. The molecule has 1 heterocycles. The summed E-state index contributed by atoms with van der Waals surface area (Å²) in [5, 5.41) is 26.4. The molecular formula is C13H14ClN3O3. The zero-order valence-corrected chi connectivity index (χ0v) is 11.8. The molecule has 0 amide bonds. The molecule has 0 aliphatic carbocycles. The number of hydrogen-bond donors (Lipinski definition) is 2. The molecule has 2 N–H and O–H groups in total. The SMILES string of the molecule is CC(C)c1c(CO)nnn1-c1ccc(Cl)c(C(=O)O)c1. The maximum Gasteiger partial charge on any atom is 0.337 e. The van der Waals surface area contributed by atoms with Crippen LogP contribution in [0.5, 0.6) is 0 Å². The molecule has 1 aromatic heterocycles. The minimum Gasteiger partial charge on any atom is -0.478 e. The van der Waals surface area contributed by atoms with Crippen LogP contribution in [0.3, 0.4) is 0 Å². The first-order valence-corrected chi connectivity index (χ1v) is 6.42. The van der Waals surface area contributed by atoms with E-state index >= 15 is 0 Å². The highest BCUT2D eigenvalue weighted by atomic mass is 35.5. The summed E-state index contributed by atoms with van der Waals surface area (Å²) in [4.78, 5) is 11.1. The number of aromatic nitrogens is 3. The lowest BCUT2D eigenvalue weighted by Gasteiger charge is -2.11. The molecule has 0 bridgehead atoms. The molecule has 1 aromatic carbocycles. The van der Waals surface area contributed by atoms with Crippen molar-refractivity contribution < 1.29 is 15.0 Å². The average Bonchev–Trinajstić information content (AvgIpc) is 2.82. The molecule has 0 aliphatic heterocycles. The smallest absolute Gasteiger partial charge is 0.337 e. The van der Waals surface area contributed by atoms with Gasteiger partial charge in [0.05, 0.1) is 28.6 Å². The van der Waals surface area contributed by atoms with E-state index in [4.69, 9.17) is 16.7 Å². The lowest BCUT2D eigenvalue weighted by molar-refractivity contribution is 0.0697. The molecule has 0 unspecified atom stereocenters. The molecule has 2 rings (SSSR count). The Balaban J connectivity index is 2.60. The average molecular weight is 296 g/mol. The van der Waals surface area contributed by atoms with E-state index in [-0.39, 0.29) is 23.1 Å². The molecule has 106 valence electrons. The highest BCUT2D eigenvalue weighted by molar-refractivity contribution is 6.33. The molecule has 7 heteroatoms. The van der Waals surface area contributed by atoms with Crippen LogP contribution in [0, 0.1) is 0 Å². The first-order valence-electron chi connectivity index (χ1n) is 6.04. The van der Waals surface area contributed by atoms with Crippen molar-refractivity contribution in [2.45, 2.75) is 26.4 Å². The van der Waals surface area contributed by atoms with Crippen LogP contribution in [0.2, 0.25) is 5.02 Å². The van der Waals surface area contributed by atoms with E-state index in [2.05, 4.69) is 10.3 Å². The zero-order valence-electron chi connectivity index (χ0n) is 11.0. The van der Waals surface area contributed by atoms with Crippen LogP contribution in [0.15, 0.2) is 18.2 Å². The summed E-state index contributed by atoms with van der Waals surface area (Å²) in [7, 11) is 0. The molecule has 0 fully saturated rings. The Morgan fingerprint density at radius 2 is 2.15 bits per heavy atom. The van der Waals surface area contributed by atoms with Crippen LogP contribution in [0.1, 0.15) is 41.5 Å². The van der Waals surface area contributed by atoms with E-state index in [0.29, 0.717) is 11.4 Å². The van der Waals surface area contributed by atoms with E-state index < -0.39 is 5.97 Å². The van der Waals surface area contributed by atoms with Gasteiger partial charge in [-0.25, -0.2) is 9.48 Å². The van der Waals surface area contributed by atoms with Gasteiger partial charge in [-0.3, -0.25) is 0 Å². The number of carboxylic acid groups (broad SMARTS) is 1. The van der Waals surface area contributed by atoms with Gasteiger partial charge in [0.15, 0.2) is 0 Å². The molecule has 2 aromatic rings. The summed E-state index contributed by atoms with van der Waals surface area (Å²) in [5.41, 5.74) is 1.76. The van der Waals surface area contributed by atoms with Gasteiger partial charge >= 0.3 is 5.97 Å². The second-order valence-electron chi connectivity index (χ2n) is 4.62. The predicted octanol–water partition coefficient (Wildman–Crippen LogP) is 2.23. The Labute approximate surface area is 120 Å². The highest BCUT2D eigenvalue weighted by Crippen LogP contribution is 2.24. The number of hydrogen-bond acceptors (Lipinski definition) is 4. The zero-order chi connectivity index (χ0) is 14.9. The largest absolute Gasteiger partial charge is 0.478 e. The normalized spacial score (nSPS) is 11.1. The van der Waals surface area contributed by atoms with E-state index in [0.717, 1.165) is 5.69 Å². The van der Waals surface area contributed by atoms with Gasteiger partial charge in [0, 0.05) is 0 Å². The monoisotopic (exact) mass is 295 g/mol. The van der Waals surface area contributed by atoms with Crippen molar-refractivity contribution in [1.82, 2.24) is 15.0 Å². The van der Waals surface area contributed by atoms with Crippen molar-refractivity contribution in [1.29, 1.82) is 0 Å². The van der Waals surface area contributed by atoms with Crippen molar-refractivity contribution in [2.75, 3.05) is 0 Å². The third kappa shape index (κ3) is 2.52. The Morgan fingerprint density at radius 3 is 2.70 bits per heavy atom. The minimum atomic E-state index is -1.11. The van der Waals surface area contributed by atoms with Gasteiger partial charge in [-0.05, 0) is 24.1 Å². The van der Waals surface area contributed by atoms with Gasteiger partial charge in [-0.2, -0.15) is 0 Å². The van der Waals surface area contributed by atoms with Crippen LogP contribution < -0.4 is 0 Å². The maximum atomic E-state index is 11.1. The summed E-state index contributed by atoms with van der Waals surface area (Å²) in [5.74, 6) is -1.03. The lowest BCUT2D eigenvalue weighted by atomic mass is 10.1. The molecular weight excluding hydrogens is 282 g/mol. The maximum absolute atomic E-state index is 11.1. The summed E-state index contributed by atoms with van der Waals surface area (Å²) in [6, 6.07) is 4.60. The molecule has 0 atom stereocenters. The third-order valence-electron chi connectivity index (χ3n) is 2.90. The van der Waals surface area contributed by atoms with Crippen LogP contribution in [0.25, 0.3) is 5.69 Å². The van der Waals surface area contributed by atoms with E-state index in [1.807, 2.05) is 13.8 Å². The van der Waals surface area contributed by atoms with E-state index in [1.54, 1.807) is 6.07 Å². The molecule has 6 nitrogen and oxygen atoms in total. The van der Waals surface area contributed by atoms with Crippen molar-refractivity contribution in [2.24, 2.45) is 0 Å². The second-order valence-corrected chi connectivity index (χ2v) is 5.02. The van der Waals surface area contributed by atoms with Gasteiger partial charge < -0.3 is 10.2 Å². The molecule has 0 saturated carbocycles. The fourth-order valence-electron chi connectivity index (χ4n) is 2.01. The Kier molecular flexibility index (Phi) is 4.06. The molecule has 0 radical (unpaired) electrons. The third-order valence-corrected chi connectivity index (χ3v) is 3.23. The van der Waals surface area contributed by atoms with Crippen LogP contribution in [-0.4, -0.2) is 31.2 Å². The van der Waals surface area contributed by atoms with Crippen molar-refractivity contribution in [3.05, 3.63) is 40.2 Å². The molecule has 0 aliphatic rings. The van der Waals surface area contributed by atoms with Crippen molar-refractivity contribution >= 4 is 17.6 Å². The fourth-order valence-corrected chi connectivity index (χ4v) is 2.21. The number of aliphatic hydroxyl groups is 1. The second kappa shape index (κ2) is 5.60. The minimum absolute atomic E-state index is 0.0000729. The number of benzene rings is 1. The summed E-state index contributed by atoms with van der Waals surface area (Å²) in [6.45, 7) is 3.68. The number of aliphatic hydroxyl groups excluding tert-OH is 1. The van der Waals surface area contributed by atoms with Crippen LogP contribution >= 0.6 is 11.6 Å². The number of carbonyl (C=O) groups is 1. The van der Waals surface area contributed by atoms with Crippen LogP contribution in [0.4, 0.5) is 0 Å². The quantitative estimate of drug-likeness (QED) is 0.903. The van der Waals surface area contributed by atoms with Crippen molar-refractivity contribution in [3.8, 4) is 5.69 Å². The van der Waals surface area contributed by atoms with Crippen LogP contribution in [-0.2, 0) is 6.61 Å². The highest BCUT2D eigenvalue weighted by Gasteiger charge is 2.18. The number of aromatic carboxylic acids is 1. The molecule has 0 saturated heterocycles. The topological polar surface area (TPSA) is 88.2 Å². The standard InChI is InChI=1S/C13H14ClN3O3/c1-7(2)12-11(6-18)15-16-17(12)8-3-4-10(14)9(5-8)13(19)20/h3-5,7,18H,6H2,1-2H3,(H,19,20). The van der Waals surface area contributed by atoms with Crippen molar-refractivity contribution in [3.63, 3.8) is 0 Å². The predicted molar refractivity (Wildman–Crippen MR) is 73.3 cm³/mol. The Hall–Kier alpha value is -1.92. The summed E-state index contributed by atoms with van der Waals surface area (Å²) >= 11 is 5.85. The summed E-state index contributed by atoms with van der Waals surface area (Å²) in [6.07, 6.45) is 0. The Morgan fingerprint density at radius 1 is 1.45 bits per heavy atom. The lowest BCUT2D eigenvalue weighted by Crippen LogP contribution is -2.07. The fraction of sp³-hybridized carbons (Fsp3) is 0.308. The van der Waals surface area contributed by atoms with E-state index in [1.165, 1.54) is 16.8 Å². The van der Waals surface area contributed by atoms with Gasteiger partial charge in [0.25, 0.3) is 0 Å². The molecule has 0 spiro atoms. The number of halogens is 1. The van der Waals surface area contributed by atoms with Gasteiger partial charge in [0.2, 0.25) is 0 Å². The van der Waals surface area contributed by atoms with E-state index in [9.17, 15) is 9.90 Å². The molecule has 20 heavy (non-hydrogen) atoms. The summed E-state index contributed by atoms with van der Waals surface area (Å²) < 4.78 is 1.53. The number of nitrogens with zero attached hydrogens (tertiary/aromatic N) is 3. The number of rotatable bonds is 4. The van der Waals surface area contributed by atoms with Gasteiger partial charge in [-0.15, -0.1) is 5.10 Å². The number of carboxylic acids is 1. The van der Waals surface area contributed by atoms with Gasteiger partial charge in [-0.1, -0.05) is 30.7 Å². The van der Waals surface area contributed by atoms with Gasteiger partial charge in [0.1, 0.15) is 5.69 Å². The first-order chi connectivity index (χ1) is 9.45.